The molecule has 3 N–H and O–H groups in total. The summed E-state index contributed by atoms with van der Waals surface area (Å²) in [5.74, 6) is -0.606. The molecular formula is C16H19N3O4S. The minimum absolute atomic E-state index is 0.0492. The van der Waals surface area contributed by atoms with Crippen molar-refractivity contribution in [3.63, 3.8) is 0 Å². The number of sulfonamides is 1. The van der Waals surface area contributed by atoms with Gasteiger partial charge in [0, 0.05) is 18.4 Å². The Bertz CT molecular complexity index is 875. The lowest BCUT2D eigenvalue weighted by Crippen LogP contribution is -2.25. The van der Waals surface area contributed by atoms with E-state index in [1.165, 1.54) is 36.5 Å². The molecule has 24 heavy (non-hydrogen) atoms. The van der Waals surface area contributed by atoms with Crippen LogP contribution in [0.3, 0.4) is 0 Å². The van der Waals surface area contributed by atoms with Gasteiger partial charge < -0.3 is 10.3 Å². The second-order valence-corrected chi connectivity index (χ2v) is 6.91. The zero-order chi connectivity index (χ0) is 17.6. The number of hydrogen-bond donors (Lipinski definition) is 3. The Kier molecular flexibility index (Phi) is 5.88. The van der Waals surface area contributed by atoms with Crippen LogP contribution in [0, 0.1) is 0 Å². The molecule has 1 aromatic carbocycles. The van der Waals surface area contributed by atoms with Gasteiger partial charge >= 0.3 is 0 Å². The van der Waals surface area contributed by atoms with Gasteiger partial charge in [0.15, 0.2) is 0 Å². The van der Waals surface area contributed by atoms with Gasteiger partial charge in [0.1, 0.15) is 5.56 Å². The molecule has 0 unspecified atom stereocenters. The summed E-state index contributed by atoms with van der Waals surface area (Å²) >= 11 is 0. The van der Waals surface area contributed by atoms with E-state index in [0.717, 1.165) is 12.8 Å². The van der Waals surface area contributed by atoms with Crippen molar-refractivity contribution in [1.29, 1.82) is 0 Å². The third kappa shape index (κ3) is 4.53. The van der Waals surface area contributed by atoms with Gasteiger partial charge in [0.2, 0.25) is 10.0 Å². The van der Waals surface area contributed by atoms with Gasteiger partial charge in [-0.05, 0) is 36.8 Å². The highest BCUT2D eigenvalue weighted by atomic mass is 32.2. The monoisotopic (exact) mass is 349 g/mol. The Morgan fingerprint density at radius 3 is 2.71 bits per heavy atom. The highest BCUT2D eigenvalue weighted by Crippen LogP contribution is 2.16. The topological polar surface area (TPSA) is 108 Å². The molecule has 0 fully saturated rings. The molecule has 0 radical (unpaired) electrons. The molecule has 7 nitrogen and oxygen atoms in total. The van der Waals surface area contributed by atoms with E-state index in [1.54, 1.807) is 6.07 Å². The Morgan fingerprint density at radius 2 is 2.00 bits per heavy atom. The standard InChI is InChI=1S/C16H19N3O4S/c1-2-3-10-18-24(22,23)13-7-4-6-12(11-13)19-16(21)14-8-5-9-17-15(14)20/h4-9,11,18H,2-3,10H2,1H3,(H,17,20)(H,19,21). The molecule has 0 atom stereocenters. The quantitative estimate of drug-likeness (QED) is 0.661. The first-order valence-electron chi connectivity index (χ1n) is 7.53. The molecule has 1 heterocycles. The Labute approximate surface area is 140 Å². The predicted molar refractivity (Wildman–Crippen MR) is 91.6 cm³/mol. The van der Waals surface area contributed by atoms with E-state index < -0.39 is 21.5 Å². The number of carbonyl (C=O) groups excluding carboxylic acids is 1. The number of amides is 1. The number of H-pyrrole nitrogens is 1. The molecule has 8 heteroatoms. The average Bonchev–Trinajstić information content (AvgIpc) is 2.55. The molecule has 0 aliphatic heterocycles. The first-order valence-corrected chi connectivity index (χ1v) is 9.01. The van der Waals surface area contributed by atoms with Crippen LogP contribution in [0.1, 0.15) is 30.1 Å². The third-order valence-corrected chi connectivity index (χ3v) is 4.75. The number of rotatable bonds is 7. The number of pyridine rings is 1. The maximum atomic E-state index is 12.2. The fourth-order valence-corrected chi connectivity index (χ4v) is 3.13. The van der Waals surface area contributed by atoms with Gasteiger partial charge in [-0.15, -0.1) is 0 Å². The summed E-state index contributed by atoms with van der Waals surface area (Å²) in [5, 5.41) is 2.53. The van der Waals surface area contributed by atoms with Crippen LogP contribution in [0.25, 0.3) is 0 Å². The summed E-state index contributed by atoms with van der Waals surface area (Å²) in [4.78, 5) is 26.2. The smallest absolute Gasteiger partial charge is 0.261 e. The van der Waals surface area contributed by atoms with Crippen molar-refractivity contribution in [2.45, 2.75) is 24.7 Å². The molecule has 0 saturated carbocycles. The van der Waals surface area contributed by atoms with E-state index in [9.17, 15) is 18.0 Å². The van der Waals surface area contributed by atoms with Crippen molar-refractivity contribution in [3.8, 4) is 0 Å². The van der Waals surface area contributed by atoms with Gasteiger partial charge in [-0.1, -0.05) is 19.4 Å². The lowest BCUT2D eigenvalue weighted by molar-refractivity contribution is 0.102. The number of nitrogens with one attached hydrogen (secondary N) is 3. The third-order valence-electron chi connectivity index (χ3n) is 3.29. The van der Waals surface area contributed by atoms with Gasteiger partial charge in [0.25, 0.3) is 11.5 Å². The van der Waals surface area contributed by atoms with Crippen molar-refractivity contribution in [1.82, 2.24) is 9.71 Å². The second-order valence-electron chi connectivity index (χ2n) is 5.15. The van der Waals surface area contributed by atoms with Crippen LogP contribution >= 0.6 is 0 Å². The van der Waals surface area contributed by atoms with Crippen LogP contribution in [0.2, 0.25) is 0 Å². The molecule has 0 aliphatic rings. The fraction of sp³-hybridized carbons (Fsp3) is 0.250. The van der Waals surface area contributed by atoms with Gasteiger partial charge in [-0.25, -0.2) is 13.1 Å². The average molecular weight is 349 g/mol. The SMILES string of the molecule is CCCCNS(=O)(=O)c1cccc(NC(=O)c2ccc[nH]c2=O)c1. The summed E-state index contributed by atoms with van der Waals surface area (Å²) in [6.45, 7) is 2.32. The fourth-order valence-electron chi connectivity index (χ4n) is 2.01. The molecule has 2 rings (SSSR count). The van der Waals surface area contributed by atoms with Gasteiger partial charge in [-0.2, -0.15) is 0 Å². The van der Waals surface area contributed by atoms with E-state index in [0.29, 0.717) is 12.2 Å². The van der Waals surface area contributed by atoms with E-state index in [2.05, 4.69) is 15.0 Å². The van der Waals surface area contributed by atoms with Crippen LogP contribution in [0.4, 0.5) is 5.69 Å². The van der Waals surface area contributed by atoms with Crippen molar-refractivity contribution in [2.24, 2.45) is 0 Å². The molecule has 0 bridgehead atoms. The minimum atomic E-state index is -3.63. The molecule has 0 saturated heterocycles. The normalized spacial score (nSPS) is 11.2. The van der Waals surface area contributed by atoms with Gasteiger partial charge in [-0.3, -0.25) is 9.59 Å². The van der Waals surface area contributed by atoms with Gasteiger partial charge in [0.05, 0.1) is 4.90 Å². The minimum Gasteiger partial charge on any atom is -0.328 e. The van der Waals surface area contributed by atoms with Crippen LogP contribution in [0.5, 0.6) is 0 Å². The molecule has 0 aliphatic carbocycles. The Morgan fingerprint density at radius 1 is 1.21 bits per heavy atom. The molecule has 1 amide bonds. The summed E-state index contributed by atoms with van der Waals surface area (Å²) < 4.78 is 26.9. The highest BCUT2D eigenvalue weighted by molar-refractivity contribution is 7.89. The summed E-state index contributed by atoms with van der Waals surface area (Å²) in [5.41, 5.74) is -0.270. The maximum absolute atomic E-state index is 12.2. The Balaban J connectivity index is 2.17. The number of aromatic nitrogens is 1. The van der Waals surface area contributed by atoms with Crippen LogP contribution in [-0.2, 0) is 10.0 Å². The molecular weight excluding hydrogens is 330 g/mol. The Hall–Kier alpha value is -2.45. The number of hydrogen-bond acceptors (Lipinski definition) is 4. The van der Waals surface area contributed by atoms with E-state index >= 15 is 0 Å². The van der Waals surface area contributed by atoms with E-state index in [1.807, 2.05) is 6.92 Å². The number of unbranched alkanes of at least 4 members (excludes halogenated alkanes) is 1. The van der Waals surface area contributed by atoms with E-state index in [-0.39, 0.29) is 10.5 Å². The lowest BCUT2D eigenvalue weighted by Gasteiger charge is -2.09. The van der Waals surface area contributed by atoms with Crippen molar-refractivity contribution in [2.75, 3.05) is 11.9 Å². The number of benzene rings is 1. The zero-order valence-corrected chi connectivity index (χ0v) is 14.0. The summed E-state index contributed by atoms with van der Waals surface area (Å²) in [6.07, 6.45) is 3.05. The molecule has 128 valence electrons. The second kappa shape index (κ2) is 7.89. The summed E-state index contributed by atoms with van der Waals surface area (Å²) in [6, 6.07) is 8.80. The van der Waals surface area contributed by atoms with Crippen molar-refractivity contribution < 1.29 is 13.2 Å². The first-order chi connectivity index (χ1) is 11.4. The van der Waals surface area contributed by atoms with E-state index in [4.69, 9.17) is 0 Å². The van der Waals surface area contributed by atoms with Crippen LogP contribution in [0.15, 0.2) is 52.3 Å². The predicted octanol–water partition coefficient (Wildman–Crippen LogP) is 1.71. The van der Waals surface area contributed by atoms with Crippen LogP contribution in [-0.4, -0.2) is 25.9 Å². The van der Waals surface area contributed by atoms with Crippen molar-refractivity contribution in [3.05, 3.63) is 58.5 Å². The zero-order valence-electron chi connectivity index (χ0n) is 13.2. The largest absolute Gasteiger partial charge is 0.328 e. The summed E-state index contributed by atoms with van der Waals surface area (Å²) in [7, 11) is -3.63. The molecule has 2 aromatic rings. The highest BCUT2D eigenvalue weighted by Gasteiger charge is 2.15. The maximum Gasteiger partial charge on any atom is 0.261 e. The van der Waals surface area contributed by atoms with Crippen molar-refractivity contribution >= 4 is 21.6 Å². The molecule has 0 spiro atoms. The molecule has 1 aromatic heterocycles. The lowest BCUT2D eigenvalue weighted by atomic mass is 10.2. The van der Waals surface area contributed by atoms with Crippen LogP contribution < -0.4 is 15.6 Å². The number of carbonyl (C=O) groups is 1. The first kappa shape index (κ1) is 17.9. The number of anilines is 1. The number of aromatic amines is 1.